The van der Waals surface area contributed by atoms with Crippen LogP contribution < -0.4 is 0 Å². The first kappa shape index (κ1) is 15.0. The summed E-state index contributed by atoms with van der Waals surface area (Å²) >= 11 is 11.3. The molecule has 1 saturated heterocycles. The number of rotatable bonds is 2. The van der Waals surface area contributed by atoms with Crippen molar-refractivity contribution in [3.05, 3.63) is 28.0 Å². The van der Waals surface area contributed by atoms with E-state index in [1.165, 1.54) is 10.4 Å². The molecule has 0 unspecified atom stereocenters. The van der Waals surface area contributed by atoms with Crippen LogP contribution in [-0.4, -0.2) is 37.0 Å². The van der Waals surface area contributed by atoms with Crippen molar-refractivity contribution in [2.24, 2.45) is 0 Å². The highest BCUT2D eigenvalue weighted by molar-refractivity contribution is 7.89. The molecule has 8 heteroatoms. The van der Waals surface area contributed by atoms with Gasteiger partial charge in [0.1, 0.15) is 4.90 Å². The topological polar surface area (TPSA) is 57.6 Å². The highest BCUT2D eigenvalue weighted by Crippen LogP contribution is 2.32. The predicted molar refractivity (Wildman–Crippen MR) is 70.4 cm³/mol. The van der Waals surface area contributed by atoms with E-state index in [1.54, 1.807) is 0 Å². The number of aliphatic hydroxyl groups excluding tert-OH is 1. The summed E-state index contributed by atoms with van der Waals surface area (Å²) in [6, 6.07) is 2.35. The van der Waals surface area contributed by atoms with Gasteiger partial charge in [-0.25, -0.2) is 12.8 Å². The molecule has 0 amide bonds. The van der Waals surface area contributed by atoms with E-state index in [0.29, 0.717) is 12.8 Å². The number of piperidine rings is 1. The molecule has 1 fully saturated rings. The van der Waals surface area contributed by atoms with Gasteiger partial charge in [0.25, 0.3) is 0 Å². The number of hydrogen-bond donors (Lipinski definition) is 1. The van der Waals surface area contributed by atoms with Crippen LogP contribution in [0.3, 0.4) is 0 Å². The zero-order valence-electron chi connectivity index (χ0n) is 9.81. The molecule has 1 N–H and O–H groups in total. The lowest BCUT2D eigenvalue weighted by Gasteiger charge is -2.29. The summed E-state index contributed by atoms with van der Waals surface area (Å²) in [5, 5.41) is 8.65. The van der Waals surface area contributed by atoms with E-state index in [4.69, 9.17) is 23.2 Å². The molecule has 2 rings (SSSR count). The quantitative estimate of drug-likeness (QED) is 0.848. The van der Waals surface area contributed by atoms with Crippen molar-refractivity contribution < 1.29 is 17.9 Å². The summed E-state index contributed by atoms with van der Waals surface area (Å²) in [5.41, 5.74) is 0. The highest BCUT2D eigenvalue weighted by Gasteiger charge is 2.31. The molecule has 0 radical (unpaired) electrons. The van der Waals surface area contributed by atoms with Crippen molar-refractivity contribution in [2.45, 2.75) is 23.8 Å². The summed E-state index contributed by atoms with van der Waals surface area (Å²) in [6.45, 7) is 0.369. The Morgan fingerprint density at radius 2 is 1.84 bits per heavy atom. The van der Waals surface area contributed by atoms with Crippen molar-refractivity contribution >= 4 is 33.2 Å². The van der Waals surface area contributed by atoms with E-state index >= 15 is 0 Å². The minimum Gasteiger partial charge on any atom is -0.393 e. The maximum atomic E-state index is 13.6. The summed E-state index contributed by atoms with van der Waals surface area (Å²) in [5.74, 6) is -0.943. The Bertz CT molecular complexity index is 586. The van der Waals surface area contributed by atoms with Gasteiger partial charge < -0.3 is 5.11 Å². The number of sulfonamides is 1. The molecular weight excluding hydrogens is 316 g/mol. The molecule has 4 nitrogen and oxygen atoms in total. The standard InChI is InChI=1S/C11H12Cl2FNO3S/c12-8-1-2-9(10(13)11(8)14)19(17,18)15-5-3-7(16)4-6-15/h1-2,7,16H,3-6H2. The van der Waals surface area contributed by atoms with Crippen LogP contribution in [0.4, 0.5) is 4.39 Å². The molecule has 1 aromatic carbocycles. The first-order valence-electron chi connectivity index (χ1n) is 5.65. The molecule has 0 saturated carbocycles. The normalized spacial score (nSPS) is 18.7. The van der Waals surface area contributed by atoms with Crippen LogP contribution in [0.25, 0.3) is 0 Å². The van der Waals surface area contributed by atoms with E-state index in [0.717, 1.165) is 6.07 Å². The summed E-state index contributed by atoms with van der Waals surface area (Å²) < 4.78 is 39.4. The minimum absolute atomic E-state index is 0.185. The summed E-state index contributed by atoms with van der Waals surface area (Å²) in [6.07, 6.45) is 0.212. The second-order valence-electron chi connectivity index (χ2n) is 4.31. The second kappa shape index (κ2) is 5.54. The van der Waals surface area contributed by atoms with Gasteiger partial charge in [0.05, 0.1) is 16.1 Å². The van der Waals surface area contributed by atoms with Gasteiger partial charge in [-0.3, -0.25) is 0 Å². The van der Waals surface area contributed by atoms with Gasteiger partial charge in [-0.2, -0.15) is 4.31 Å². The Morgan fingerprint density at radius 1 is 1.26 bits per heavy atom. The minimum atomic E-state index is -3.86. The average Bonchev–Trinajstić information content (AvgIpc) is 2.36. The van der Waals surface area contributed by atoms with E-state index in [9.17, 15) is 17.9 Å². The molecule has 106 valence electrons. The largest absolute Gasteiger partial charge is 0.393 e. The van der Waals surface area contributed by atoms with Crippen molar-refractivity contribution in [1.29, 1.82) is 0 Å². The number of benzene rings is 1. The van der Waals surface area contributed by atoms with E-state index in [1.807, 2.05) is 0 Å². The Labute approximate surface area is 120 Å². The zero-order valence-corrected chi connectivity index (χ0v) is 12.1. The number of nitrogens with zero attached hydrogens (tertiary/aromatic N) is 1. The third-order valence-electron chi connectivity index (χ3n) is 3.04. The lowest BCUT2D eigenvalue weighted by atomic mass is 10.1. The van der Waals surface area contributed by atoms with Crippen LogP contribution in [0.5, 0.6) is 0 Å². The lowest BCUT2D eigenvalue weighted by Crippen LogP contribution is -2.40. The number of halogens is 3. The van der Waals surface area contributed by atoms with Crippen LogP contribution >= 0.6 is 23.2 Å². The van der Waals surface area contributed by atoms with Crippen LogP contribution in [0, 0.1) is 5.82 Å². The third-order valence-corrected chi connectivity index (χ3v) is 5.76. The maximum absolute atomic E-state index is 13.6. The molecular formula is C11H12Cl2FNO3S. The maximum Gasteiger partial charge on any atom is 0.244 e. The molecule has 1 aliphatic heterocycles. The van der Waals surface area contributed by atoms with Gasteiger partial charge in [0.2, 0.25) is 10.0 Å². The Morgan fingerprint density at radius 3 is 2.42 bits per heavy atom. The van der Waals surface area contributed by atoms with Crippen LogP contribution in [0.1, 0.15) is 12.8 Å². The van der Waals surface area contributed by atoms with E-state index in [-0.39, 0.29) is 23.0 Å². The lowest BCUT2D eigenvalue weighted by molar-refractivity contribution is 0.113. The third kappa shape index (κ3) is 2.87. The first-order valence-corrected chi connectivity index (χ1v) is 7.85. The van der Waals surface area contributed by atoms with Crippen molar-refractivity contribution in [1.82, 2.24) is 4.31 Å². The molecule has 0 bridgehead atoms. The fourth-order valence-electron chi connectivity index (χ4n) is 1.93. The van der Waals surface area contributed by atoms with Gasteiger partial charge in [0, 0.05) is 13.1 Å². The van der Waals surface area contributed by atoms with Gasteiger partial charge >= 0.3 is 0 Å². The second-order valence-corrected chi connectivity index (χ2v) is 7.00. The molecule has 0 spiro atoms. The van der Waals surface area contributed by atoms with E-state index in [2.05, 4.69) is 0 Å². The monoisotopic (exact) mass is 327 g/mol. The van der Waals surface area contributed by atoms with Crippen LogP contribution in [0.2, 0.25) is 10.0 Å². The highest BCUT2D eigenvalue weighted by atomic mass is 35.5. The van der Waals surface area contributed by atoms with Gasteiger partial charge in [-0.1, -0.05) is 23.2 Å². The average molecular weight is 328 g/mol. The fourth-order valence-corrected chi connectivity index (χ4v) is 4.12. The summed E-state index contributed by atoms with van der Waals surface area (Å²) in [7, 11) is -3.86. The Balaban J connectivity index is 2.38. The number of hydrogen-bond acceptors (Lipinski definition) is 3. The van der Waals surface area contributed by atoms with Crippen molar-refractivity contribution in [3.63, 3.8) is 0 Å². The molecule has 0 atom stereocenters. The molecule has 1 aliphatic rings. The molecule has 19 heavy (non-hydrogen) atoms. The Kier molecular flexibility index (Phi) is 4.37. The van der Waals surface area contributed by atoms with Crippen molar-refractivity contribution in [3.8, 4) is 0 Å². The molecule has 0 aromatic heterocycles. The molecule has 1 aromatic rings. The predicted octanol–water partition coefficient (Wildman–Crippen LogP) is 2.28. The zero-order chi connectivity index (χ0) is 14.2. The molecule has 1 heterocycles. The van der Waals surface area contributed by atoms with Gasteiger partial charge in [-0.15, -0.1) is 0 Å². The fraction of sp³-hybridized carbons (Fsp3) is 0.455. The Hall–Kier alpha value is -0.400. The van der Waals surface area contributed by atoms with Crippen molar-refractivity contribution in [2.75, 3.05) is 13.1 Å². The van der Waals surface area contributed by atoms with Gasteiger partial charge in [-0.05, 0) is 25.0 Å². The first-order chi connectivity index (χ1) is 8.84. The smallest absolute Gasteiger partial charge is 0.244 e. The van der Waals surface area contributed by atoms with E-state index < -0.39 is 27.0 Å². The van der Waals surface area contributed by atoms with Crippen LogP contribution in [0.15, 0.2) is 17.0 Å². The number of aliphatic hydroxyl groups is 1. The van der Waals surface area contributed by atoms with Crippen LogP contribution in [-0.2, 0) is 10.0 Å². The SMILES string of the molecule is O=S(=O)(c1ccc(Cl)c(F)c1Cl)N1CCC(O)CC1. The van der Waals surface area contributed by atoms with Gasteiger partial charge in [0.15, 0.2) is 5.82 Å². The summed E-state index contributed by atoms with van der Waals surface area (Å²) in [4.78, 5) is -0.299. The molecule has 0 aliphatic carbocycles.